The predicted octanol–water partition coefficient (Wildman–Crippen LogP) is 3.55. The van der Waals surface area contributed by atoms with Gasteiger partial charge in [-0.15, -0.1) is 0 Å². The van der Waals surface area contributed by atoms with Crippen molar-refractivity contribution in [1.29, 1.82) is 0 Å². The second-order valence-electron chi connectivity index (χ2n) is 5.60. The molecule has 0 bridgehead atoms. The predicted molar refractivity (Wildman–Crippen MR) is 96.5 cm³/mol. The summed E-state index contributed by atoms with van der Waals surface area (Å²) in [6.45, 7) is 0.399. The van der Waals surface area contributed by atoms with E-state index in [9.17, 15) is 9.59 Å². The minimum absolute atomic E-state index is 0.0507. The van der Waals surface area contributed by atoms with Gasteiger partial charge in [0.1, 0.15) is 0 Å². The van der Waals surface area contributed by atoms with E-state index in [1.165, 1.54) is 4.90 Å². The number of nitrogens with one attached hydrogen (secondary N) is 1. The van der Waals surface area contributed by atoms with E-state index in [0.29, 0.717) is 22.2 Å². The van der Waals surface area contributed by atoms with Gasteiger partial charge < -0.3 is 10.2 Å². The summed E-state index contributed by atoms with van der Waals surface area (Å²) in [6.07, 6.45) is 0.230. The number of rotatable bonds is 5. The lowest BCUT2D eigenvalue weighted by Gasteiger charge is -2.11. The standard InChI is InChI=1S/C18H18Cl2N2O2/c1-22(2)18(24)14-6-3-12(4-7-14)11-21-17(23)10-13-5-8-15(19)16(20)9-13/h3-9H,10-11H2,1-2H3,(H,21,23). The number of amides is 2. The molecule has 2 rings (SSSR count). The third kappa shape index (κ3) is 4.98. The van der Waals surface area contributed by atoms with Crippen molar-refractivity contribution >= 4 is 35.0 Å². The van der Waals surface area contributed by atoms with E-state index in [0.717, 1.165) is 11.1 Å². The molecule has 0 saturated heterocycles. The van der Waals surface area contributed by atoms with E-state index in [1.54, 1.807) is 44.4 Å². The van der Waals surface area contributed by atoms with Crippen LogP contribution < -0.4 is 5.32 Å². The Kier molecular flexibility index (Phi) is 6.23. The van der Waals surface area contributed by atoms with Crippen molar-refractivity contribution in [2.75, 3.05) is 14.1 Å². The van der Waals surface area contributed by atoms with Crippen LogP contribution in [0.15, 0.2) is 42.5 Å². The quantitative estimate of drug-likeness (QED) is 0.881. The van der Waals surface area contributed by atoms with Crippen LogP contribution in [0.2, 0.25) is 10.0 Å². The second-order valence-corrected chi connectivity index (χ2v) is 6.41. The van der Waals surface area contributed by atoms with Crippen molar-refractivity contribution < 1.29 is 9.59 Å². The average Bonchev–Trinajstić information content (AvgIpc) is 2.56. The number of hydrogen-bond donors (Lipinski definition) is 1. The lowest BCUT2D eigenvalue weighted by Crippen LogP contribution is -2.24. The first kappa shape index (κ1) is 18.3. The summed E-state index contributed by atoms with van der Waals surface area (Å²) >= 11 is 11.8. The van der Waals surface area contributed by atoms with Gasteiger partial charge in [-0.2, -0.15) is 0 Å². The van der Waals surface area contributed by atoms with E-state index in [2.05, 4.69) is 5.32 Å². The highest BCUT2D eigenvalue weighted by Crippen LogP contribution is 2.22. The number of benzene rings is 2. The Bertz CT molecular complexity index is 743. The van der Waals surface area contributed by atoms with Gasteiger partial charge in [0, 0.05) is 26.2 Å². The molecule has 1 N–H and O–H groups in total. The Balaban J connectivity index is 1.89. The fourth-order valence-electron chi connectivity index (χ4n) is 2.12. The Morgan fingerprint density at radius 3 is 2.17 bits per heavy atom. The second kappa shape index (κ2) is 8.18. The summed E-state index contributed by atoms with van der Waals surface area (Å²) in [5.74, 6) is -0.160. The Morgan fingerprint density at radius 1 is 0.958 bits per heavy atom. The topological polar surface area (TPSA) is 49.4 Å². The molecule has 0 aliphatic carbocycles. The van der Waals surface area contributed by atoms with E-state index >= 15 is 0 Å². The molecule has 6 heteroatoms. The largest absolute Gasteiger partial charge is 0.352 e. The average molecular weight is 365 g/mol. The van der Waals surface area contributed by atoms with Gasteiger partial charge in [-0.25, -0.2) is 0 Å². The molecule has 0 atom stereocenters. The summed E-state index contributed by atoms with van der Waals surface area (Å²) in [6, 6.07) is 12.3. The number of nitrogens with zero attached hydrogens (tertiary/aromatic N) is 1. The Hall–Kier alpha value is -2.04. The molecular formula is C18H18Cl2N2O2. The molecule has 0 saturated carbocycles. The number of carbonyl (C=O) groups is 2. The van der Waals surface area contributed by atoms with Gasteiger partial charge in [0.05, 0.1) is 16.5 Å². The first-order valence-corrected chi connectivity index (χ1v) is 8.13. The SMILES string of the molecule is CN(C)C(=O)c1ccc(CNC(=O)Cc2ccc(Cl)c(Cl)c2)cc1. The van der Waals surface area contributed by atoms with Crippen LogP contribution in [0.25, 0.3) is 0 Å². The van der Waals surface area contributed by atoms with E-state index in [-0.39, 0.29) is 18.2 Å². The molecule has 0 aliphatic rings. The first-order chi connectivity index (χ1) is 11.4. The molecule has 0 aromatic heterocycles. The van der Waals surface area contributed by atoms with Gasteiger partial charge in [0.2, 0.25) is 5.91 Å². The van der Waals surface area contributed by atoms with Crippen molar-refractivity contribution in [3.8, 4) is 0 Å². The van der Waals surface area contributed by atoms with Crippen LogP contribution in [-0.2, 0) is 17.8 Å². The molecule has 0 fully saturated rings. The molecule has 2 aromatic carbocycles. The molecule has 0 heterocycles. The van der Waals surface area contributed by atoms with Crippen LogP contribution >= 0.6 is 23.2 Å². The number of carbonyl (C=O) groups excluding carboxylic acids is 2. The maximum atomic E-state index is 12.0. The monoisotopic (exact) mass is 364 g/mol. The smallest absolute Gasteiger partial charge is 0.253 e. The van der Waals surface area contributed by atoms with Gasteiger partial charge in [-0.05, 0) is 35.4 Å². The van der Waals surface area contributed by atoms with Gasteiger partial charge in [-0.1, -0.05) is 41.4 Å². The highest BCUT2D eigenvalue weighted by Gasteiger charge is 2.08. The van der Waals surface area contributed by atoms with E-state index < -0.39 is 0 Å². The van der Waals surface area contributed by atoms with Gasteiger partial charge in [0.15, 0.2) is 0 Å². The van der Waals surface area contributed by atoms with Crippen LogP contribution in [0.5, 0.6) is 0 Å². The van der Waals surface area contributed by atoms with Crippen molar-refractivity contribution in [3.05, 3.63) is 69.2 Å². The molecule has 0 radical (unpaired) electrons. The summed E-state index contributed by atoms with van der Waals surface area (Å²) in [4.78, 5) is 25.3. The van der Waals surface area contributed by atoms with Crippen LogP contribution in [0.4, 0.5) is 0 Å². The highest BCUT2D eigenvalue weighted by molar-refractivity contribution is 6.42. The highest BCUT2D eigenvalue weighted by atomic mass is 35.5. The van der Waals surface area contributed by atoms with Crippen LogP contribution in [0.1, 0.15) is 21.5 Å². The van der Waals surface area contributed by atoms with Crippen LogP contribution in [-0.4, -0.2) is 30.8 Å². The third-order valence-electron chi connectivity index (χ3n) is 3.45. The summed E-state index contributed by atoms with van der Waals surface area (Å²) < 4.78 is 0. The maximum absolute atomic E-state index is 12.0. The zero-order valence-electron chi connectivity index (χ0n) is 13.5. The molecule has 0 aliphatic heterocycles. The normalized spacial score (nSPS) is 10.3. The van der Waals surface area contributed by atoms with Crippen LogP contribution in [0.3, 0.4) is 0 Å². The lowest BCUT2D eigenvalue weighted by atomic mass is 10.1. The first-order valence-electron chi connectivity index (χ1n) is 7.38. The molecule has 24 heavy (non-hydrogen) atoms. The van der Waals surface area contributed by atoms with Gasteiger partial charge in [0.25, 0.3) is 5.91 Å². The fraction of sp³-hybridized carbons (Fsp3) is 0.222. The van der Waals surface area contributed by atoms with Gasteiger partial charge >= 0.3 is 0 Å². The number of halogens is 2. The molecule has 2 amide bonds. The maximum Gasteiger partial charge on any atom is 0.253 e. The Labute approximate surface area is 151 Å². The van der Waals surface area contributed by atoms with Crippen molar-refractivity contribution in [2.24, 2.45) is 0 Å². The van der Waals surface area contributed by atoms with Gasteiger partial charge in [-0.3, -0.25) is 9.59 Å². The lowest BCUT2D eigenvalue weighted by molar-refractivity contribution is -0.120. The molecule has 4 nitrogen and oxygen atoms in total. The fourth-order valence-corrected chi connectivity index (χ4v) is 2.44. The Morgan fingerprint density at radius 2 is 1.58 bits per heavy atom. The van der Waals surface area contributed by atoms with Crippen molar-refractivity contribution in [3.63, 3.8) is 0 Å². The van der Waals surface area contributed by atoms with Crippen molar-refractivity contribution in [1.82, 2.24) is 10.2 Å². The molecule has 2 aromatic rings. The summed E-state index contributed by atoms with van der Waals surface area (Å²) in [7, 11) is 3.42. The third-order valence-corrected chi connectivity index (χ3v) is 4.18. The van der Waals surface area contributed by atoms with E-state index in [4.69, 9.17) is 23.2 Å². The van der Waals surface area contributed by atoms with Crippen LogP contribution in [0, 0.1) is 0 Å². The van der Waals surface area contributed by atoms with Crippen molar-refractivity contribution in [2.45, 2.75) is 13.0 Å². The zero-order chi connectivity index (χ0) is 17.7. The molecular weight excluding hydrogens is 347 g/mol. The number of hydrogen-bond acceptors (Lipinski definition) is 2. The molecule has 126 valence electrons. The molecule has 0 unspecified atom stereocenters. The zero-order valence-corrected chi connectivity index (χ0v) is 15.0. The molecule has 0 spiro atoms. The minimum atomic E-state index is -0.109. The summed E-state index contributed by atoms with van der Waals surface area (Å²) in [5, 5.41) is 3.74. The van der Waals surface area contributed by atoms with E-state index in [1.807, 2.05) is 12.1 Å². The summed E-state index contributed by atoms with van der Waals surface area (Å²) in [5.41, 5.74) is 2.34. The minimum Gasteiger partial charge on any atom is -0.352 e.